The summed E-state index contributed by atoms with van der Waals surface area (Å²) in [6.07, 6.45) is 6.16. The van der Waals surface area contributed by atoms with E-state index in [1.807, 2.05) is 12.4 Å². The molecule has 4 nitrogen and oxygen atoms in total. The number of piperidine rings is 1. The van der Waals surface area contributed by atoms with Gasteiger partial charge in [-0.2, -0.15) is 0 Å². The average Bonchev–Trinajstić information content (AvgIpc) is 2.50. The first kappa shape index (κ1) is 14.0. The molecule has 4 heteroatoms. The third-order valence-corrected chi connectivity index (χ3v) is 3.91. The van der Waals surface area contributed by atoms with E-state index < -0.39 is 0 Å². The predicted molar refractivity (Wildman–Crippen MR) is 86.5 cm³/mol. The third-order valence-electron chi connectivity index (χ3n) is 3.91. The lowest BCUT2D eigenvalue weighted by Crippen LogP contribution is -2.38. The SMILES string of the molecule is Cc1cncc(-c2ccc(C)c(N[C@H]3CCCNC3)n2)c1. The Morgan fingerprint density at radius 1 is 1.24 bits per heavy atom. The molecule has 0 unspecified atom stereocenters. The molecule has 0 amide bonds. The van der Waals surface area contributed by atoms with Gasteiger partial charge in [0.15, 0.2) is 0 Å². The van der Waals surface area contributed by atoms with Crippen LogP contribution in [-0.2, 0) is 0 Å². The van der Waals surface area contributed by atoms with Gasteiger partial charge in [0.1, 0.15) is 5.82 Å². The number of rotatable bonds is 3. The van der Waals surface area contributed by atoms with Gasteiger partial charge in [0, 0.05) is 30.5 Å². The lowest BCUT2D eigenvalue weighted by Gasteiger charge is -2.25. The van der Waals surface area contributed by atoms with Crippen LogP contribution in [0.5, 0.6) is 0 Å². The minimum absolute atomic E-state index is 0.468. The zero-order chi connectivity index (χ0) is 14.7. The van der Waals surface area contributed by atoms with Crippen LogP contribution in [-0.4, -0.2) is 29.1 Å². The van der Waals surface area contributed by atoms with Crippen molar-refractivity contribution in [2.24, 2.45) is 0 Å². The molecule has 2 aromatic rings. The van der Waals surface area contributed by atoms with Gasteiger partial charge in [0.25, 0.3) is 0 Å². The minimum Gasteiger partial charge on any atom is -0.366 e. The monoisotopic (exact) mass is 282 g/mol. The number of aromatic nitrogens is 2. The van der Waals surface area contributed by atoms with Crippen LogP contribution in [0.25, 0.3) is 11.3 Å². The lowest BCUT2D eigenvalue weighted by atomic mass is 10.1. The van der Waals surface area contributed by atoms with Crippen LogP contribution in [0.4, 0.5) is 5.82 Å². The number of hydrogen-bond acceptors (Lipinski definition) is 4. The Morgan fingerprint density at radius 3 is 2.90 bits per heavy atom. The predicted octanol–water partition coefficient (Wildman–Crippen LogP) is 2.92. The molecular weight excluding hydrogens is 260 g/mol. The molecule has 1 fully saturated rings. The lowest BCUT2D eigenvalue weighted by molar-refractivity contribution is 0.479. The number of nitrogens with one attached hydrogen (secondary N) is 2. The molecular formula is C17H22N4. The van der Waals surface area contributed by atoms with Crippen molar-refractivity contribution >= 4 is 5.82 Å². The maximum atomic E-state index is 4.80. The van der Waals surface area contributed by atoms with E-state index in [4.69, 9.17) is 4.98 Å². The molecule has 0 bridgehead atoms. The summed E-state index contributed by atoms with van der Waals surface area (Å²) in [5.41, 5.74) is 4.38. The minimum atomic E-state index is 0.468. The maximum Gasteiger partial charge on any atom is 0.129 e. The van der Waals surface area contributed by atoms with Crippen molar-refractivity contribution in [1.82, 2.24) is 15.3 Å². The second-order valence-electron chi connectivity index (χ2n) is 5.80. The zero-order valence-corrected chi connectivity index (χ0v) is 12.7. The number of anilines is 1. The van der Waals surface area contributed by atoms with E-state index >= 15 is 0 Å². The van der Waals surface area contributed by atoms with Crippen LogP contribution in [0.1, 0.15) is 24.0 Å². The summed E-state index contributed by atoms with van der Waals surface area (Å²) in [5.74, 6) is 0.989. The normalized spacial score (nSPS) is 18.5. The molecule has 110 valence electrons. The van der Waals surface area contributed by atoms with E-state index in [0.29, 0.717) is 6.04 Å². The third kappa shape index (κ3) is 3.39. The van der Waals surface area contributed by atoms with Gasteiger partial charge in [0.05, 0.1) is 5.69 Å². The molecule has 1 aliphatic rings. The molecule has 0 radical (unpaired) electrons. The van der Waals surface area contributed by atoms with Crippen molar-refractivity contribution < 1.29 is 0 Å². The van der Waals surface area contributed by atoms with Crippen molar-refractivity contribution in [2.75, 3.05) is 18.4 Å². The topological polar surface area (TPSA) is 49.8 Å². The van der Waals surface area contributed by atoms with Gasteiger partial charge in [-0.1, -0.05) is 6.07 Å². The molecule has 0 spiro atoms. The second kappa shape index (κ2) is 6.22. The van der Waals surface area contributed by atoms with E-state index in [9.17, 15) is 0 Å². The van der Waals surface area contributed by atoms with Crippen molar-refractivity contribution in [1.29, 1.82) is 0 Å². The van der Waals surface area contributed by atoms with Gasteiger partial charge >= 0.3 is 0 Å². The first-order chi connectivity index (χ1) is 10.2. The summed E-state index contributed by atoms with van der Waals surface area (Å²) in [7, 11) is 0. The van der Waals surface area contributed by atoms with Crippen LogP contribution in [0, 0.1) is 13.8 Å². The summed E-state index contributed by atoms with van der Waals surface area (Å²) in [6, 6.07) is 6.78. The maximum absolute atomic E-state index is 4.80. The molecule has 3 heterocycles. The molecule has 21 heavy (non-hydrogen) atoms. The summed E-state index contributed by atoms with van der Waals surface area (Å²) in [6.45, 7) is 6.29. The van der Waals surface area contributed by atoms with Crippen LogP contribution < -0.4 is 10.6 Å². The van der Waals surface area contributed by atoms with Crippen LogP contribution in [0.15, 0.2) is 30.6 Å². The highest BCUT2D eigenvalue weighted by molar-refractivity contribution is 5.62. The molecule has 3 rings (SSSR count). The molecule has 1 saturated heterocycles. The summed E-state index contributed by atoms with van der Waals surface area (Å²) >= 11 is 0. The van der Waals surface area contributed by atoms with Crippen LogP contribution >= 0.6 is 0 Å². The smallest absolute Gasteiger partial charge is 0.129 e. The zero-order valence-electron chi connectivity index (χ0n) is 12.7. The molecule has 0 saturated carbocycles. The fraction of sp³-hybridized carbons (Fsp3) is 0.412. The Morgan fingerprint density at radius 2 is 2.14 bits per heavy atom. The molecule has 2 N–H and O–H groups in total. The van der Waals surface area contributed by atoms with E-state index in [1.54, 1.807) is 0 Å². The van der Waals surface area contributed by atoms with E-state index in [0.717, 1.165) is 35.7 Å². The molecule has 2 aromatic heterocycles. The molecule has 0 aliphatic carbocycles. The van der Waals surface area contributed by atoms with Gasteiger partial charge in [-0.3, -0.25) is 4.98 Å². The van der Waals surface area contributed by atoms with Gasteiger partial charge < -0.3 is 10.6 Å². The largest absolute Gasteiger partial charge is 0.366 e. The average molecular weight is 282 g/mol. The number of nitrogens with zero attached hydrogens (tertiary/aromatic N) is 2. The second-order valence-corrected chi connectivity index (χ2v) is 5.80. The first-order valence-corrected chi connectivity index (χ1v) is 7.59. The molecule has 1 aliphatic heterocycles. The standard InChI is InChI=1S/C17H22N4/c1-12-8-14(10-19-9-12)16-6-5-13(2)17(21-16)20-15-4-3-7-18-11-15/h5-6,8-10,15,18H,3-4,7,11H2,1-2H3,(H,20,21)/t15-/m0/s1. The van der Waals surface area contributed by atoms with Gasteiger partial charge in [-0.05, 0) is 56.5 Å². The summed E-state index contributed by atoms with van der Waals surface area (Å²) in [4.78, 5) is 9.06. The van der Waals surface area contributed by atoms with Crippen molar-refractivity contribution in [3.05, 3.63) is 41.7 Å². The fourth-order valence-corrected chi connectivity index (χ4v) is 2.70. The Balaban J connectivity index is 1.85. The molecule has 1 atom stereocenters. The van der Waals surface area contributed by atoms with Crippen molar-refractivity contribution in [2.45, 2.75) is 32.7 Å². The molecule has 0 aromatic carbocycles. The van der Waals surface area contributed by atoms with E-state index in [1.165, 1.54) is 18.4 Å². The van der Waals surface area contributed by atoms with Gasteiger partial charge in [-0.15, -0.1) is 0 Å². The Labute approximate surface area is 126 Å². The van der Waals surface area contributed by atoms with E-state index in [2.05, 4.69) is 47.7 Å². The number of aryl methyl sites for hydroxylation is 2. The highest BCUT2D eigenvalue weighted by atomic mass is 15.1. The van der Waals surface area contributed by atoms with Crippen molar-refractivity contribution in [3.63, 3.8) is 0 Å². The quantitative estimate of drug-likeness (QED) is 0.909. The number of hydrogen-bond donors (Lipinski definition) is 2. The van der Waals surface area contributed by atoms with Gasteiger partial charge in [-0.25, -0.2) is 4.98 Å². The first-order valence-electron chi connectivity index (χ1n) is 7.59. The van der Waals surface area contributed by atoms with Crippen LogP contribution in [0.2, 0.25) is 0 Å². The highest BCUT2D eigenvalue weighted by Gasteiger charge is 2.14. The fourth-order valence-electron chi connectivity index (χ4n) is 2.70. The van der Waals surface area contributed by atoms with Crippen LogP contribution in [0.3, 0.4) is 0 Å². The number of pyridine rings is 2. The Hall–Kier alpha value is -1.94. The summed E-state index contributed by atoms with van der Waals surface area (Å²) < 4.78 is 0. The van der Waals surface area contributed by atoms with Gasteiger partial charge in [0.2, 0.25) is 0 Å². The Bertz CT molecular complexity index is 618. The van der Waals surface area contributed by atoms with Crippen molar-refractivity contribution in [3.8, 4) is 11.3 Å². The summed E-state index contributed by atoms with van der Waals surface area (Å²) in [5, 5.41) is 7.01. The van der Waals surface area contributed by atoms with E-state index in [-0.39, 0.29) is 0 Å². The highest BCUT2D eigenvalue weighted by Crippen LogP contribution is 2.22. The Kier molecular flexibility index (Phi) is 4.15.